The minimum Gasteiger partial charge on any atom is -0.458 e. The Labute approximate surface area is 147 Å². The van der Waals surface area contributed by atoms with E-state index in [4.69, 9.17) is 9.47 Å². The van der Waals surface area contributed by atoms with E-state index in [9.17, 15) is 4.79 Å². The van der Waals surface area contributed by atoms with Crippen molar-refractivity contribution < 1.29 is 14.3 Å². The van der Waals surface area contributed by atoms with Gasteiger partial charge in [0.2, 0.25) is 0 Å². The lowest BCUT2D eigenvalue weighted by Crippen LogP contribution is -2.26. The first-order chi connectivity index (χ1) is 12.2. The molecule has 0 spiro atoms. The second-order valence-corrected chi connectivity index (χ2v) is 6.96. The summed E-state index contributed by atoms with van der Waals surface area (Å²) in [6.45, 7) is 3.15. The molecule has 25 heavy (non-hydrogen) atoms. The topological polar surface area (TPSA) is 53.4 Å². The molecule has 132 valence electrons. The van der Waals surface area contributed by atoms with Crippen molar-refractivity contribution in [2.75, 3.05) is 13.2 Å². The lowest BCUT2D eigenvalue weighted by atomic mass is 10.1. The van der Waals surface area contributed by atoms with E-state index in [1.807, 2.05) is 16.8 Å². The number of fused-ring (bicyclic) bond motifs is 1. The Hall–Kier alpha value is -2.14. The third kappa shape index (κ3) is 3.33. The molecule has 5 nitrogen and oxygen atoms in total. The number of hydrogen-bond acceptors (Lipinski definition) is 4. The highest BCUT2D eigenvalue weighted by Gasteiger charge is 2.28. The van der Waals surface area contributed by atoms with Crippen LogP contribution in [0.1, 0.15) is 53.0 Å². The van der Waals surface area contributed by atoms with Crippen LogP contribution in [-0.2, 0) is 22.3 Å². The van der Waals surface area contributed by atoms with E-state index in [0.29, 0.717) is 12.3 Å². The highest BCUT2D eigenvalue weighted by atomic mass is 16.6. The molecule has 1 aromatic heterocycles. The van der Waals surface area contributed by atoms with E-state index in [1.165, 1.54) is 5.56 Å². The zero-order chi connectivity index (χ0) is 17.2. The molecule has 1 aromatic carbocycles. The molecule has 2 aromatic rings. The number of hydrogen-bond donors (Lipinski definition) is 0. The maximum atomic E-state index is 12.6. The van der Waals surface area contributed by atoms with Gasteiger partial charge < -0.3 is 9.47 Å². The van der Waals surface area contributed by atoms with Crippen LogP contribution in [0.5, 0.6) is 0 Å². The fourth-order valence-corrected chi connectivity index (χ4v) is 3.68. The molecule has 1 unspecified atom stereocenters. The molecule has 5 heteroatoms. The third-order valence-electron chi connectivity index (χ3n) is 5.08. The normalized spacial score (nSPS) is 19.6. The fourth-order valence-electron chi connectivity index (χ4n) is 3.68. The standard InChI is InChI=1S/C20H24N2O3/c1-14-8-10-15(11-9-14)22-18-7-4-6-17(18)19(21-22)20(23)25-13-16-5-2-3-12-24-16/h8-11,16H,2-7,12-13H2,1H3. The second kappa shape index (κ2) is 7.00. The van der Waals surface area contributed by atoms with E-state index in [1.54, 1.807) is 0 Å². The van der Waals surface area contributed by atoms with E-state index < -0.39 is 0 Å². The minimum absolute atomic E-state index is 0.0323. The van der Waals surface area contributed by atoms with Crippen LogP contribution in [0, 0.1) is 6.92 Å². The first kappa shape index (κ1) is 16.3. The highest BCUT2D eigenvalue weighted by Crippen LogP contribution is 2.28. The molecule has 0 N–H and O–H groups in total. The predicted molar refractivity (Wildman–Crippen MR) is 94.2 cm³/mol. The Morgan fingerprint density at radius 2 is 2.08 bits per heavy atom. The van der Waals surface area contributed by atoms with Crippen molar-refractivity contribution in [3.63, 3.8) is 0 Å². The summed E-state index contributed by atoms with van der Waals surface area (Å²) in [5, 5.41) is 4.60. The van der Waals surface area contributed by atoms with Gasteiger partial charge in [-0.3, -0.25) is 0 Å². The van der Waals surface area contributed by atoms with Crippen molar-refractivity contribution in [1.82, 2.24) is 9.78 Å². The zero-order valence-electron chi connectivity index (χ0n) is 14.7. The Morgan fingerprint density at radius 3 is 2.84 bits per heavy atom. The number of carbonyl (C=O) groups excluding carboxylic acids is 1. The van der Waals surface area contributed by atoms with Gasteiger partial charge in [0.1, 0.15) is 6.61 Å². The van der Waals surface area contributed by atoms with Gasteiger partial charge in [-0.15, -0.1) is 0 Å². The molecule has 0 bridgehead atoms. The molecule has 1 atom stereocenters. The Morgan fingerprint density at radius 1 is 1.24 bits per heavy atom. The van der Waals surface area contributed by atoms with E-state index >= 15 is 0 Å². The molecule has 1 aliphatic carbocycles. The van der Waals surface area contributed by atoms with Gasteiger partial charge in [0.15, 0.2) is 5.69 Å². The average molecular weight is 340 g/mol. The second-order valence-electron chi connectivity index (χ2n) is 6.96. The van der Waals surface area contributed by atoms with Gasteiger partial charge in [-0.25, -0.2) is 9.48 Å². The number of nitrogens with zero attached hydrogens (tertiary/aromatic N) is 2. The van der Waals surface area contributed by atoms with Crippen LogP contribution in [0.3, 0.4) is 0 Å². The summed E-state index contributed by atoms with van der Waals surface area (Å²) < 4.78 is 13.1. The monoisotopic (exact) mass is 340 g/mol. The van der Waals surface area contributed by atoms with Crippen molar-refractivity contribution in [2.45, 2.75) is 51.6 Å². The van der Waals surface area contributed by atoms with Crippen LogP contribution >= 0.6 is 0 Å². The summed E-state index contributed by atoms with van der Waals surface area (Å²) >= 11 is 0. The third-order valence-corrected chi connectivity index (χ3v) is 5.08. The Kier molecular flexibility index (Phi) is 4.57. The van der Waals surface area contributed by atoms with Crippen LogP contribution in [0.15, 0.2) is 24.3 Å². The van der Waals surface area contributed by atoms with Gasteiger partial charge in [-0.05, 0) is 57.6 Å². The summed E-state index contributed by atoms with van der Waals surface area (Å²) in [7, 11) is 0. The molecule has 1 fully saturated rings. The zero-order valence-corrected chi connectivity index (χ0v) is 14.7. The smallest absolute Gasteiger partial charge is 0.359 e. The van der Waals surface area contributed by atoms with Crippen molar-refractivity contribution in [1.29, 1.82) is 0 Å². The average Bonchev–Trinajstić information content (AvgIpc) is 3.24. The maximum absolute atomic E-state index is 12.6. The largest absolute Gasteiger partial charge is 0.458 e. The molecule has 4 rings (SSSR count). The summed E-state index contributed by atoms with van der Waals surface area (Å²) in [5.41, 5.74) is 4.88. The number of esters is 1. The Bertz CT molecular complexity index is 758. The summed E-state index contributed by atoms with van der Waals surface area (Å²) in [6.07, 6.45) is 6.14. The number of aryl methyl sites for hydroxylation is 1. The number of carbonyl (C=O) groups is 1. The van der Waals surface area contributed by atoms with Gasteiger partial charge in [0.05, 0.1) is 11.8 Å². The van der Waals surface area contributed by atoms with Crippen molar-refractivity contribution >= 4 is 5.97 Å². The van der Waals surface area contributed by atoms with Crippen molar-refractivity contribution in [3.8, 4) is 5.69 Å². The quantitative estimate of drug-likeness (QED) is 0.801. The molecule has 2 heterocycles. The lowest BCUT2D eigenvalue weighted by Gasteiger charge is -2.21. The van der Waals surface area contributed by atoms with E-state index in [2.05, 4.69) is 24.2 Å². The molecular weight excluding hydrogens is 316 g/mol. The van der Waals surface area contributed by atoms with Crippen molar-refractivity contribution in [2.24, 2.45) is 0 Å². The highest BCUT2D eigenvalue weighted by molar-refractivity contribution is 5.89. The molecule has 0 amide bonds. The van der Waals surface area contributed by atoms with Crippen molar-refractivity contribution in [3.05, 3.63) is 46.8 Å². The number of aromatic nitrogens is 2. The number of ether oxygens (including phenoxy) is 2. The SMILES string of the molecule is Cc1ccc(-n2nc(C(=O)OCC3CCCCO3)c3c2CCC3)cc1. The first-order valence-corrected chi connectivity index (χ1v) is 9.19. The molecular formula is C20H24N2O3. The molecule has 2 aliphatic rings. The van der Waals surface area contributed by atoms with Crippen LogP contribution in [-0.4, -0.2) is 35.1 Å². The fraction of sp³-hybridized carbons (Fsp3) is 0.500. The molecule has 1 aliphatic heterocycles. The lowest BCUT2D eigenvalue weighted by molar-refractivity contribution is -0.0303. The summed E-state index contributed by atoms with van der Waals surface area (Å²) in [4.78, 5) is 12.6. The molecule has 1 saturated heterocycles. The van der Waals surface area contributed by atoms with E-state index in [-0.39, 0.29) is 12.1 Å². The summed E-state index contributed by atoms with van der Waals surface area (Å²) in [5.74, 6) is -0.321. The maximum Gasteiger partial charge on any atom is 0.359 e. The number of rotatable bonds is 4. The summed E-state index contributed by atoms with van der Waals surface area (Å²) in [6, 6.07) is 8.23. The van der Waals surface area contributed by atoms with Crippen LogP contribution in [0.4, 0.5) is 0 Å². The van der Waals surface area contributed by atoms with Gasteiger partial charge in [0.25, 0.3) is 0 Å². The van der Waals surface area contributed by atoms with Gasteiger partial charge in [-0.1, -0.05) is 17.7 Å². The molecule has 0 radical (unpaired) electrons. The Balaban J connectivity index is 1.54. The minimum atomic E-state index is -0.321. The van der Waals surface area contributed by atoms with Gasteiger partial charge >= 0.3 is 5.97 Å². The molecule has 0 saturated carbocycles. The predicted octanol–water partition coefficient (Wildman–Crippen LogP) is 3.40. The van der Waals surface area contributed by atoms with Crippen LogP contribution in [0.2, 0.25) is 0 Å². The van der Waals surface area contributed by atoms with Crippen LogP contribution in [0.25, 0.3) is 5.69 Å². The van der Waals surface area contributed by atoms with Crippen LogP contribution < -0.4 is 0 Å². The van der Waals surface area contributed by atoms with Gasteiger partial charge in [-0.2, -0.15) is 5.10 Å². The van der Waals surface area contributed by atoms with Gasteiger partial charge in [0, 0.05) is 17.9 Å². The van der Waals surface area contributed by atoms with E-state index in [0.717, 1.165) is 62.1 Å². The number of benzene rings is 1. The first-order valence-electron chi connectivity index (χ1n) is 9.19.